The average Bonchev–Trinajstić information content (AvgIpc) is 2.57. The van der Waals surface area contributed by atoms with Crippen LogP contribution in [0.5, 0.6) is 0 Å². The van der Waals surface area contributed by atoms with E-state index in [2.05, 4.69) is 9.97 Å². The predicted molar refractivity (Wildman–Crippen MR) is 59.3 cm³/mol. The predicted octanol–water partition coefficient (Wildman–Crippen LogP) is 1.59. The number of hydrogen-bond acceptors (Lipinski definition) is 3. The Morgan fingerprint density at radius 3 is 2.87 bits per heavy atom. The number of pyridine rings is 1. The van der Waals surface area contributed by atoms with Crippen LogP contribution in [0.25, 0.3) is 11.3 Å². The molecule has 2 rings (SSSR count). The second-order valence-electron chi connectivity index (χ2n) is 3.17. The lowest BCUT2D eigenvalue weighted by atomic mass is 10.2. The summed E-state index contributed by atoms with van der Waals surface area (Å²) in [6.45, 7) is 0.372. The first-order valence-corrected chi connectivity index (χ1v) is 4.93. The SMILES string of the molecule is Cn1c(CN)nc(-c2cccnc2)c1Cl. The van der Waals surface area contributed by atoms with Gasteiger partial charge in [0.05, 0.1) is 6.54 Å². The van der Waals surface area contributed by atoms with Crippen LogP contribution in [-0.4, -0.2) is 14.5 Å². The van der Waals surface area contributed by atoms with Crippen LogP contribution >= 0.6 is 11.6 Å². The van der Waals surface area contributed by atoms with Gasteiger partial charge in [-0.15, -0.1) is 0 Å². The second kappa shape index (κ2) is 4.00. The molecule has 78 valence electrons. The molecule has 0 bridgehead atoms. The molecule has 2 aromatic heterocycles. The van der Waals surface area contributed by atoms with Gasteiger partial charge in [-0.3, -0.25) is 4.98 Å². The maximum atomic E-state index is 6.14. The molecule has 0 amide bonds. The average molecular weight is 223 g/mol. The molecule has 15 heavy (non-hydrogen) atoms. The van der Waals surface area contributed by atoms with E-state index in [0.717, 1.165) is 17.1 Å². The summed E-state index contributed by atoms with van der Waals surface area (Å²) in [5, 5.41) is 0.587. The van der Waals surface area contributed by atoms with Crippen molar-refractivity contribution in [1.82, 2.24) is 14.5 Å². The van der Waals surface area contributed by atoms with E-state index in [4.69, 9.17) is 17.3 Å². The van der Waals surface area contributed by atoms with Gasteiger partial charge in [-0.1, -0.05) is 11.6 Å². The van der Waals surface area contributed by atoms with Crippen LogP contribution in [0.3, 0.4) is 0 Å². The van der Waals surface area contributed by atoms with Gasteiger partial charge >= 0.3 is 0 Å². The van der Waals surface area contributed by atoms with Gasteiger partial charge in [-0.05, 0) is 12.1 Å². The van der Waals surface area contributed by atoms with Crippen LogP contribution in [0.2, 0.25) is 5.15 Å². The highest BCUT2D eigenvalue weighted by Crippen LogP contribution is 2.26. The van der Waals surface area contributed by atoms with Crippen molar-refractivity contribution in [3.63, 3.8) is 0 Å². The Bertz CT molecular complexity index is 464. The Morgan fingerprint density at radius 2 is 2.33 bits per heavy atom. The Kier molecular flexibility index (Phi) is 2.70. The standard InChI is InChI=1S/C10H11ClN4/c1-15-8(5-12)14-9(10(15)11)7-3-2-4-13-6-7/h2-4,6H,5,12H2,1H3. The summed E-state index contributed by atoms with van der Waals surface area (Å²) in [7, 11) is 1.84. The van der Waals surface area contributed by atoms with E-state index >= 15 is 0 Å². The van der Waals surface area contributed by atoms with Gasteiger partial charge in [0.25, 0.3) is 0 Å². The highest BCUT2D eigenvalue weighted by atomic mass is 35.5. The molecule has 0 saturated carbocycles. The minimum atomic E-state index is 0.372. The smallest absolute Gasteiger partial charge is 0.136 e. The third kappa shape index (κ3) is 1.73. The number of halogens is 1. The Labute approximate surface area is 92.7 Å². The zero-order chi connectivity index (χ0) is 10.8. The summed E-state index contributed by atoms with van der Waals surface area (Å²) >= 11 is 6.14. The molecule has 0 fully saturated rings. The van der Waals surface area contributed by atoms with Crippen molar-refractivity contribution in [2.24, 2.45) is 12.8 Å². The fourth-order valence-corrected chi connectivity index (χ4v) is 1.64. The van der Waals surface area contributed by atoms with E-state index < -0.39 is 0 Å². The Balaban J connectivity index is 2.55. The van der Waals surface area contributed by atoms with E-state index in [1.807, 2.05) is 19.2 Å². The minimum Gasteiger partial charge on any atom is -0.324 e. The largest absolute Gasteiger partial charge is 0.324 e. The molecule has 4 nitrogen and oxygen atoms in total. The highest BCUT2D eigenvalue weighted by molar-refractivity contribution is 6.32. The van der Waals surface area contributed by atoms with Crippen molar-refractivity contribution in [1.29, 1.82) is 0 Å². The first-order valence-electron chi connectivity index (χ1n) is 4.55. The Morgan fingerprint density at radius 1 is 1.53 bits per heavy atom. The molecule has 2 N–H and O–H groups in total. The summed E-state index contributed by atoms with van der Waals surface area (Å²) < 4.78 is 1.78. The number of rotatable bonds is 2. The molecule has 0 aliphatic heterocycles. The van der Waals surface area contributed by atoms with Crippen molar-refractivity contribution in [2.45, 2.75) is 6.54 Å². The number of nitrogens with two attached hydrogens (primary N) is 1. The molecule has 0 aliphatic carbocycles. The number of nitrogens with zero attached hydrogens (tertiary/aromatic N) is 3. The molecule has 0 unspecified atom stereocenters. The molecule has 0 aliphatic rings. The van der Waals surface area contributed by atoms with Crippen LogP contribution in [0.4, 0.5) is 0 Å². The Hall–Kier alpha value is -1.39. The van der Waals surface area contributed by atoms with Gasteiger partial charge in [0, 0.05) is 25.0 Å². The van der Waals surface area contributed by atoms with Crippen LogP contribution in [-0.2, 0) is 13.6 Å². The zero-order valence-corrected chi connectivity index (χ0v) is 9.07. The van der Waals surface area contributed by atoms with Crippen molar-refractivity contribution in [3.05, 3.63) is 35.5 Å². The number of hydrogen-bond donors (Lipinski definition) is 1. The lowest BCUT2D eigenvalue weighted by Gasteiger charge is -1.97. The molecule has 0 radical (unpaired) electrons. The third-order valence-electron chi connectivity index (χ3n) is 2.24. The third-order valence-corrected chi connectivity index (χ3v) is 2.67. The van der Waals surface area contributed by atoms with E-state index in [1.54, 1.807) is 17.0 Å². The van der Waals surface area contributed by atoms with Crippen LogP contribution < -0.4 is 5.73 Å². The van der Waals surface area contributed by atoms with Crippen molar-refractivity contribution < 1.29 is 0 Å². The van der Waals surface area contributed by atoms with Crippen LogP contribution in [0.15, 0.2) is 24.5 Å². The molecule has 5 heteroatoms. The molecule has 0 aromatic carbocycles. The van der Waals surface area contributed by atoms with E-state index in [9.17, 15) is 0 Å². The number of aromatic nitrogens is 3. The van der Waals surface area contributed by atoms with Gasteiger partial charge in [-0.2, -0.15) is 0 Å². The molecule has 2 aromatic rings. The maximum absolute atomic E-state index is 6.14. The van der Waals surface area contributed by atoms with Crippen LogP contribution in [0, 0.1) is 0 Å². The second-order valence-corrected chi connectivity index (χ2v) is 3.53. The van der Waals surface area contributed by atoms with Crippen molar-refractivity contribution >= 4 is 11.6 Å². The summed E-state index contributed by atoms with van der Waals surface area (Å²) in [5.74, 6) is 0.763. The quantitative estimate of drug-likeness (QED) is 0.840. The fourth-order valence-electron chi connectivity index (χ4n) is 1.39. The van der Waals surface area contributed by atoms with Crippen molar-refractivity contribution in [3.8, 4) is 11.3 Å². The molecular weight excluding hydrogens is 212 g/mol. The summed E-state index contributed by atoms with van der Waals surface area (Å²) in [5.41, 5.74) is 7.18. The molecular formula is C10H11ClN4. The highest BCUT2D eigenvalue weighted by Gasteiger charge is 2.13. The minimum absolute atomic E-state index is 0.372. The van der Waals surface area contributed by atoms with E-state index in [0.29, 0.717) is 11.7 Å². The molecule has 0 saturated heterocycles. The first-order chi connectivity index (χ1) is 7.24. The normalized spacial score (nSPS) is 10.6. The molecule has 0 atom stereocenters. The fraction of sp³-hybridized carbons (Fsp3) is 0.200. The summed E-state index contributed by atoms with van der Waals surface area (Å²) in [6, 6.07) is 3.77. The summed E-state index contributed by atoms with van der Waals surface area (Å²) in [4.78, 5) is 8.39. The van der Waals surface area contributed by atoms with E-state index in [-0.39, 0.29) is 0 Å². The zero-order valence-electron chi connectivity index (χ0n) is 8.31. The monoisotopic (exact) mass is 222 g/mol. The van der Waals surface area contributed by atoms with E-state index in [1.165, 1.54) is 0 Å². The van der Waals surface area contributed by atoms with Gasteiger partial charge in [-0.25, -0.2) is 4.98 Å². The van der Waals surface area contributed by atoms with Gasteiger partial charge in [0.15, 0.2) is 0 Å². The summed E-state index contributed by atoms with van der Waals surface area (Å²) in [6.07, 6.45) is 3.44. The van der Waals surface area contributed by atoms with Crippen molar-refractivity contribution in [2.75, 3.05) is 0 Å². The number of imidazole rings is 1. The van der Waals surface area contributed by atoms with Gasteiger partial charge < -0.3 is 10.3 Å². The first kappa shape index (κ1) is 10.1. The topological polar surface area (TPSA) is 56.7 Å². The van der Waals surface area contributed by atoms with Gasteiger partial charge in [0.2, 0.25) is 0 Å². The lowest BCUT2D eigenvalue weighted by Crippen LogP contribution is -2.04. The molecule has 0 spiro atoms. The maximum Gasteiger partial charge on any atom is 0.136 e. The molecule has 2 heterocycles. The lowest BCUT2D eigenvalue weighted by molar-refractivity contribution is 0.794. The van der Waals surface area contributed by atoms with Crippen LogP contribution in [0.1, 0.15) is 5.82 Å². The van der Waals surface area contributed by atoms with Gasteiger partial charge in [0.1, 0.15) is 16.7 Å².